The molecule has 0 aliphatic carbocycles. The molecular formula is C60H79Cl2N7O13S. The summed E-state index contributed by atoms with van der Waals surface area (Å²) in [5.41, 5.74) is 7.47. The molecule has 3 aromatic carbocycles. The molecule has 7 rings (SSSR count). The molecule has 4 amide bonds. The van der Waals surface area contributed by atoms with Crippen molar-refractivity contribution in [1.82, 2.24) is 35.4 Å². The summed E-state index contributed by atoms with van der Waals surface area (Å²) in [7, 11) is 0. The van der Waals surface area contributed by atoms with Crippen molar-refractivity contribution < 1.29 is 62.2 Å². The van der Waals surface area contributed by atoms with Gasteiger partial charge < -0.3 is 68.4 Å². The van der Waals surface area contributed by atoms with Gasteiger partial charge >= 0.3 is 0 Å². The number of likely N-dealkylation sites (tertiary alicyclic amines) is 1. The SMILES string of the molecule is Cc1ncsc1-c1ccc(CNC(=O)[C@@H]2C[C@@H](O)CN2C(=O)[C@@H](NC(=O)CCOCCOCCOCCOCCOCCOCCOCCOc2ccc(-c3cn4c(n3)CCC4)cc2CNC(=O)Cc2ccc(Cl)c(Cl)c2)C(C)(C)C)cc1. The number of carbonyl (C=O) groups is 4. The molecule has 4 heterocycles. The van der Waals surface area contributed by atoms with Gasteiger partial charge in [0.15, 0.2) is 0 Å². The van der Waals surface area contributed by atoms with Gasteiger partial charge in [0.05, 0.1) is 137 Å². The Morgan fingerprint density at radius 3 is 1.92 bits per heavy atom. The first-order valence-electron chi connectivity index (χ1n) is 28.2. The molecule has 0 bridgehead atoms. The number of fused-ring (bicyclic) bond motifs is 1. The van der Waals surface area contributed by atoms with E-state index in [9.17, 15) is 24.3 Å². The first-order valence-corrected chi connectivity index (χ1v) is 29.9. The van der Waals surface area contributed by atoms with Crippen LogP contribution in [-0.4, -0.2) is 172 Å². The van der Waals surface area contributed by atoms with Crippen LogP contribution < -0.4 is 20.7 Å². The molecule has 20 nitrogen and oxygen atoms in total. The Bertz CT molecular complexity index is 2830. The van der Waals surface area contributed by atoms with E-state index in [1.807, 2.05) is 75.7 Å². The summed E-state index contributed by atoms with van der Waals surface area (Å²) in [6.07, 6.45) is 3.56. The third-order valence-electron chi connectivity index (χ3n) is 13.7. The lowest BCUT2D eigenvalue weighted by Crippen LogP contribution is -2.57. The maximum atomic E-state index is 14.0. The topological polar surface area (TPSA) is 232 Å². The van der Waals surface area contributed by atoms with E-state index in [2.05, 4.69) is 31.7 Å². The van der Waals surface area contributed by atoms with E-state index in [1.54, 1.807) is 29.5 Å². The van der Waals surface area contributed by atoms with Crippen LogP contribution in [-0.2, 0) is 84.8 Å². The predicted octanol–water partition coefficient (Wildman–Crippen LogP) is 6.79. The summed E-state index contributed by atoms with van der Waals surface area (Å²) in [5.74, 6) is 0.417. The highest BCUT2D eigenvalue weighted by atomic mass is 35.5. The quantitative estimate of drug-likeness (QED) is 0.0303. The smallest absolute Gasteiger partial charge is 0.246 e. The van der Waals surface area contributed by atoms with E-state index in [0.717, 1.165) is 69.3 Å². The van der Waals surface area contributed by atoms with Gasteiger partial charge in [-0.25, -0.2) is 9.97 Å². The zero-order valence-electron chi connectivity index (χ0n) is 47.9. The van der Waals surface area contributed by atoms with Crippen LogP contribution in [0.15, 0.2) is 72.4 Å². The van der Waals surface area contributed by atoms with E-state index in [0.29, 0.717) is 102 Å². The molecule has 0 unspecified atom stereocenters. The van der Waals surface area contributed by atoms with Crippen LogP contribution in [0.4, 0.5) is 0 Å². The second-order valence-electron chi connectivity index (χ2n) is 21.2. The molecule has 1 saturated heterocycles. The summed E-state index contributed by atoms with van der Waals surface area (Å²) < 4.78 is 47.6. The number of rotatable bonds is 36. The lowest BCUT2D eigenvalue weighted by molar-refractivity contribution is -0.144. The van der Waals surface area contributed by atoms with E-state index >= 15 is 0 Å². The Hall–Kier alpha value is -5.56. The van der Waals surface area contributed by atoms with Crippen LogP contribution in [0.1, 0.15) is 68.2 Å². The number of aryl methyl sites for hydroxylation is 3. The number of thiazole rings is 1. The van der Waals surface area contributed by atoms with Crippen molar-refractivity contribution in [2.45, 2.75) is 97.6 Å². The molecule has 0 saturated carbocycles. The van der Waals surface area contributed by atoms with E-state index in [-0.39, 0.29) is 69.8 Å². The number of aliphatic hydroxyl groups is 1. The fraction of sp³-hybridized carbons (Fsp3) is 0.533. The minimum Gasteiger partial charge on any atom is -0.491 e. The second kappa shape index (κ2) is 33.8. The first kappa shape index (κ1) is 65.0. The Labute approximate surface area is 500 Å². The number of nitrogens with one attached hydrogen (secondary N) is 3. The number of hydrogen-bond acceptors (Lipinski definition) is 16. The van der Waals surface area contributed by atoms with Crippen LogP contribution >= 0.6 is 34.5 Å². The van der Waals surface area contributed by atoms with Crippen molar-refractivity contribution in [3.63, 3.8) is 0 Å². The average Bonchev–Trinajstić information content (AvgIpc) is 4.29. The maximum Gasteiger partial charge on any atom is 0.246 e. The maximum absolute atomic E-state index is 14.0. The Morgan fingerprint density at radius 2 is 1.33 bits per heavy atom. The molecule has 2 aliphatic rings. The van der Waals surface area contributed by atoms with Crippen LogP contribution in [0.5, 0.6) is 5.75 Å². The number of aliphatic hydroxyl groups excluding tert-OH is 1. The van der Waals surface area contributed by atoms with Gasteiger partial charge in [-0.3, -0.25) is 19.2 Å². The number of β-amino-alcohol motifs (C(OH)–C–C–N with tert-alkyl or cyclic N) is 1. The van der Waals surface area contributed by atoms with Crippen LogP contribution in [0, 0.1) is 12.3 Å². The van der Waals surface area contributed by atoms with Gasteiger partial charge in [-0.1, -0.05) is 74.3 Å². The Balaban J connectivity index is 0.654. The van der Waals surface area contributed by atoms with Crippen molar-refractivity contribution >= 4 is 58.2 Å². The lowest BCUT2D eigenvalue weighted by Gasteiger charge is -2.35. The lowest BCUT2D eigenvalue weighted by atomic mass is 9.85. The third kappa shape index (κ3) is 21.2. The molecule has 23 heteroatoms. The number of nitrogens with zero attached hydrogens (tertiary/aromatic N) is 4. The number of carbonyl (C=O) groups excluding carboxylic acids is 4. The Kier molecular flexibility index (Phi) is 26.5. The minimum atomic E-state index is -0.933. The molecule has 5 aromatic rings. The van der Waals surface area contributed by atoms with E-state index < -0.39 is 29.5 Å². The largest absolute Gasteiger partial charge is 0.491 e. The zero-order chi connectivity index (χ0) is 59.0. The summed E-state index contributed by atoms with van der Waals surface area (Å²) in [6, 6.07) is 17.1. The first-order chi connectivity index (χ1) is 40.1. The molecule has 0 spiro atoms. The number of hydrogen-bond donors (Lipinski definition) is 4. The zero-order valence-corrected chi connectivity index (χ0v) is 50.3. The van der Waals surface area contributed by atoms with E-state index in [4.69, 9.17) is 66.1 Å². The molecular weight excluding hydrogens is 1130 g/mol. The highest BCUT2D eigenvalue weighted by Gasteiger charge is 2.44. The summed E-state index contributed by atoms with van der Waals surface area (Å²) in [6.45, 7) is 14.4. The molecule has 1 fully saturated rings. The predicted molar refractivity (Wildman–Crippen MR) is 315 cm³/mol. The molecule has 83 heavy (non-hydrogen) atoms. The Morgan fingerprint density at radius 1 is 0.723 bits per heavy atom. The summed E-state index contributed by atoms with van der Waals surface area (Å²) in [4.78, 5) is 64.9. The molecule has 2 aliphatic heterocycles. The number of halogens is 2. The van der Waals surface area contributed by atoms with Crippen molar-refractivity contribution in [2.24, 2.45) is 5.41 Å². The molecule has 2 aromatic heterocycles. The van der Waals surface area contributed by atoms with Gasteiger partial charge in [0.25, 0.3) is 0 Å². The number of imidazole rings is 1. The van der Waals surface area contributed by atoms with Crippen molar-refractivity contribution in [2.75, 3.05) is 106 Å². The number of benzene rings is 3. The molecule has 0 radical (unpaired) electrons. The van der Waals surface area contributed by atoms with Gasteiger partial charge in [-0.15, -0.1) is 11.3 Å². The molecule has 3 atom stereocenters. The van der Waals surface area contributed by atoms with Crippen molar-refractivity contribution in [3.8, 4) is 27.4 Å². The summed E-state index contributed by atoms with van der Waals surface area (Å²) >= 11 is 13.8. The van der Waals surface area contributed by atoms with Gasteiger partial charge in [-0.05, 0) is 65.8 Å². The van der Waals surface area contributed by atoms with Crippen molar-refractivity contribution in [1.29, 1.82) is 0 Å². The van der Waals surface area contributed by atoms with E-state index in [1.165, 1.54) is 4.90 Å². The average molecular weight is 1210 g/mol. The fourth-order valence-corrected chi connectivity index (χ4v) is 10.4. The number of aromatic nitrogens is 3. The molecule has 4 N–H and O–H groups in total. The minimum absolute atomic E-state index is 0.00876. The third-order valence-corrected chi connectivity index (χ3v) is 15.5. The van der Waals surface area contributed by atoms with Crippen LogP contribution in [0.25, 0.3) is 21.7 Å². The van der Waals surface area contributed by atoms with Gasteiger partial charge in [0, 0.05) is 62.8 Å². The van der Waals surface area contributed by atoms with Gasteiger partial charge in [0.1, 0.15) is 30.3 Å². The summed E-state index contributed by atoms with van der Waals surface area (Å²) in [5, 5.41) is 20.2. The fourth-order valence-electron chi connectivity index (χ4n) is 9.31. The van der Waals surface area contributed by atoms with Crippen molar-refractivity contribution in [3.05, 3.63) is 111 Å². The normalized spacial score (nSPS) is 15.3. The standard InChI is InChI=1S/C60H79Cl2N7O13S/c1-41-56(83-40-65-41)44-10-7-42(8-11-44)36-64-58(73)51-35-47(70)38-69(51)59(74)57(60(2,3)4)67-54(71)15-17-75-18-19-76-20-21-77-22-23-78-24-25-79-26-27-80-28-29-81-30-31-82-52-14-12-45(50-39-68-16-5-6-53(68)66-50)34-46(52)37-63-55(72)33-43-9-13-48(61)49(62)32-43/h7-14,32,34,39-40,47,51,57,70H,5-6,15-31,33,35-38H2,1-4H3,(H,63,72)(H,64,73)(H,67,71)/t47-,51+,57-/m1/s1. The molecule has 452 valence electrons. The highest BCUT2D eigenvalue weighted by molar-refractivity contribution is 7.13. The van der Waals surface area contributed by atoms with Gasteiger partial charge in [-0.2, -0.15) is 0 Å². The number of amides is 4. The second-order valence-corrected chi connectivity index (χ2v) is 22.9. The monoisotopic (exact) mass is 1210 g/mol. The van der Waals surface area contributed by atoms with Crippen LogP contribution in [0.2, 0.25) is 10.0 Å². The van der Waals surface area contributed by atoms with Gasteiger partial charge in [0.2, 0.25) is 23.6 Å². The van der Waals surface area contributed by atoms with Crippen LogP contribution in [0.3, 0.4) is 0 Å². The number of ether oxygens (including phenoxy) is 8. The highest BCUT2D eigenvalue weighted by Crippen LogP contribution is 2.31.